The van der Waals surface area contributed by atoms with Crippen molar-refractivity contribution in [1.82, 2.24) is 9.80 Å². The fourth-order valence-corrected chi connectivity index (χ4v) is 4.31. The van der Waals surface area contributed by atoms with Gasteiger partial charge in [-0.3, -0.25) is 9.59 Å². The molecule has 2 aliphatic heterocycles. The van der Waals surface area contributed by atoms with Crippen molar-refractivity contribution in [1.29, 1.82) is 0 Å². The van der Waals surface area contributed by atoms with Crippen LogP contribution in [0.5, 0.6) is 0 Å². The summed E-state index contributed by atoms with van der Waals surface area (Å²) >= 11 is 0. The van der Waals surface area contributed by atoms with Crippen LogP contribution in [0.1, 0.15) is 29.5 Å². The molecule has 1 spiro atoms. The lowest BCUT2D eigenvalue weighted by Crippen LogP contribution is -2.56. The second-order valence-electron chi connectivity index (χ2n) is 8.22. The third-order valence-corrected chi connectivity index (χ3v) is 6.05. The molecule has 2 aromatic carbocycles. The molecule has 0 bridgehead atoms. The standard InChI is InChI=1S/C24H28N2O3/c1-19-7-9-20(10-8-19)15-23(28)25-13-11-22(27)26(16-21-5-3-2-4-6-21)24(17-25)12-14-29-18-24/h2-10H,11-18H2,1H3. The summed E-state index contributed by atoms with van der Waals surface area (Å²) in [6.07, 6.45) is 1.48. The van der Waals surface area contributed by atoms with Crippen LogP contribution in [-0.4, -0.2) is 53.5 Å². The molecule has 0 aromatic heterocycles. The molecule has 152 valence electrons. The third kappa shape index (κ3) is 4.35. The van der Waals surface area contributed by atoms with Crippen molar-refractivity contribution in [2.24, 2.45) is 0 Å². The van der Waals surface area contributed by atoms with E-state index in [1.165, 1.54) is 5.56 Å². The SMILES string of the molecule is Cc1ccc(CC(=O)N2CCC(=O)N(Cc3ccccc3)C3(CCOC3)C2)cc1. The second-order valence-corrected chi connectivity index (χ2v) is 8.22. The van der Waals surface area contributed by atoms with Gasteiger partial charge in [0.25, 0.3) is 0 Å². The summed E-state index contributed by atoms with van der Waals surface area (Å²) < 4.78 is 5.74. The topological polar surface area (TPSA) is 49.9 Å². The van der Waals surface area contributed by atoms with Crippen molar-refractivity contribution < 1.29 is 14.3 Å². The molecule has 0 aliphatic carbocycles. The number of hydrogen-bond donors (Lipinski definition) is 0. The first-order valence-corrected chi connectivity index (χ1v) is 10.3. The second kappa shape index (κ2) is 8.37. The first kappa shape index (κ1) is 19.6. The highest BCUT2D eigenvalue weighted by Crippen LogP contribution is 2.32. The largest absolute Gasteiger partial charge is 0.379 e. The molecule has 2 amide bonds. The maximum Gasteiger partial charge on any atom is 0.227 e. The zero-order chi connectivity index (χ0) is 20.3. The maximum atomic E-state index is 13.1. The van der Waals surface area contributed by atoms with Gasteiger partial charge in [0, 0.05) is 32.7 Å². The average molecular weight is 392 g/mol. The summed E-state index contributed by atoms with van der Waals surface area (Å²) in [6.45, 7) is 4.71. The molecule has 4 rings (SSSR count). The van der Waals surface area contributed by atoms with Crippen LogP contribution in [0.3, 0.4) is 0 Å². The minimum absolute atomic E-state index is 0.0782. The van der Waals surface area contributed by atoms with Crippen molar-refractivity contribution in [3.63, 3.8) is 0 Å². The Labute approximate surface area is 172 Å². The summed E-state index contributed by atoms with van der Waals surface area (Å²) in [5.74, 6) is 0.180. The monoisotopic (exact) mass is 392 g/mol. The lowest BCUT2D eigenvalue weighted by Gasteiger charge is -2.40. The third-order valence-electron chi connectivity index (χ3n) is 6.05. The van der Waals surface area contributed by atoms with E-state index >= 15 is 0 Å². The highest BCUT2D eigenvalue weighted by Gasteiger charge is 2.46. The zero-order valence-corrected chi connectivity index (χ0v) is 17.0. The summed E-state index contributed by atoms with van der Waals surface area (Å²) in [6, 6.07) is 18.1. The van der Waals surface area contributed by atoms with Crippen molar-refractivity contribution in [2.45, 2.75) is 38.3 Å². The fourth-order valence-electron chi connectivity index (χ4n) is 4.31. The molecular formula is C24H28N2O3. The van der Waals surface area contributed by atoms with E-state index in [0.29, 0.717) is 45.7 Å². The van der Waals surface area contributed by atoms with Crippen LogP contribution < -0.4 is 0 Å². The minimum atomic E-state index is -0.438. The molecule has 2 aromatic rings. The first-order chi connectivity index (χ1) is 14.1. The Kier molecular flexibility index (Phi) is 5.67. The lowest BCUT2D eigenvalue weighted by molar-refractivity contribution is -0.138. The Morgan fingerprint density at radius 2 is 1.83 bits per heavy atom. The van der Waals surface area contributed by atoms with Crippen molar-refractivity contribution in [3.05, 3.63) is 71.3 Å². The van der Waals surface area contributed by atoms with Crippen LogP contribution in [-0.2, 0) is 27.3 Å². The Balaban J connectivity index is 1.54. The molecule has 5 nitrogen and oxygen atoms in total. The summed E-state index contributed by atoms with van der Waals surface area (Å²) in [7, 11) is 0. The molecule has 0 N–H and O–H groups in total. The van der Waals surface area contributed by atoms with Gasteiger partial charge < -0.3 is 14.5 Å². The molecule has 2 aliphatic rings. The number of nitrogens with zero attached hydrogens (tertiary/aromatic N) is 2. The van der Waals surface area contributed by atoms with Crippen LogP contribution in [0, 0.1) is 6.92 Å². The van der Waals surface area contributed by atoms with Gasteiger partial charge in [-0.2, -0.15) is 0 Å². The molecule has 2 heterocycles. The number of aryl methyl sites for hydroxylation is 1. The van der Waals surface area contributed by atoms with Gasteiger partial charge in [0.05, 0.1) is 18.6 Å². The fraction of sp³-hybridized carbons (Fsp3) is 0.417. The number of amides is 2. The number of rotatable bonds is 4. The highest BCUT2D eigenvalue weighted by atomic mass is 16.5. The molecular weight excluding hydrogens is 364 g/mol. The molecule has 0 radical (unpaired) electrons. The van der Waals surface area contributed by atoms with E-state index < -0.39 is 5.54 Å². The Bertz CT molecular complexity index is 857. The van der Waals surface area contributed by atoms with Gasteiger partial charge in [-0.1, -0.05) is 60.2 Å². The average Bonchev–Trinajstić information content (AvgIpc) is 3.15. The van der Waals surface area contributed by atoms with Gasteiger partial charge in [-0.25, -0.2) is 0 Å². The molecule has 0 saturated carbocycles. The van der Waals surface area contributed by atoms with Gasteiger partial charge in [0.2, 0.25) is 11.8 Å². The van der Waals surface area contributed by atoms with Crippen molar-refractivity contribution in [2.75, 3.05) is 26.3 Å². The quantitative estimate of drug-likeness (QED) is 0.804. The summed E-state index contributed by atoms with van der Waals surface area (Å²) in [5.41, 5.74) is 2.85. The lowest BCUT2D eigenvalue weighted by atomic mass is 9.94. The number of benzene rings is 2. The molecule has 2 fully saturated rings. The molecule has 1 atom stereocenters. The Morgan fingerprint density at radius 3 is 2.52 bits per heavy atom. The van der Waals surface area contributed by atoms with Crippen molar-refractivity contribution >= 4 is 11.8 Å². The predicted octanol–water partition coefficient (Wildman–Crippen LogP) is 2.96. The van der Waals surface area contributed by atoms with E-state index in [9.17, 15) is 9.59 Å². The van der Waals surface area contributed by atoms with Gasteiger partial charge in [-0.15, -0.1) is 0 Å². The van der Waals surface area contributed by atoms with Crippen LogP contribution in [0.25, 0.3) is 0 Å². The number of carbonyl (C=O) groups is 2. The Morgan fingerprint density at radius 1 is 1.07 bits per heavy atom. The molecule has 2 saturated heterocycles. The summed E-state index contributed by atoms with van der Waals surface area (Å²) in [4.78, 5) is 30.0. The van der Waals surface area contributed by atoms with Gasteiger partial charge in [0.15, 0.2) is 0 Å². The van der Waals surface area contributed by atoms with E-state index in [1.54, 1.807) is 0 Å². The van der Waals surface area contributed by atoms with Crippen molar-refractivity contribution in [3.8, 4) is 0 Å². The minimum Gasteiger partial charge on any atom is -0.379 e. The normalized spacial score (nSPS) is 22.2. The Hall–Kier alpha value is -2.66. The van der Waals surface area contributed by atoms with Crippen LogP contribution in [0.4, 0.5) is 0 Å². The van der Waals surface area contributed by atoms with Crippen LogP contribution >= 0.6 is 0 Å². The molecule has 5 heteroatoms. The highest BCUT2D eigenvalue weighted by molar-refractivity contribution is 5.82. The summed E-state index contributed by atoms with van der Waals surface area (Å²) in [5, 5.41) is 0. The van der Waals surface area contributed by atoms with E-state index in [4.69, 9.17) is 4.74 Å². The van der Waals surface area contributed by atoms with E-state index in [0.717, 1.165) is 17.5 Å². The van der Waals surface area contributed by atoms with Crippen LogP contribution in [0.15, 0.2) is 54.6 Å². The maximum absolute atomic E-state index is 13.1. The van der Waals surface area contributed by atoms with Gasteiger partial charge >= 0.3 is 0 Å². The molecule has 1 unspecified atom stereocenters. The number of carbonyl (C=O) groups excluding carboxylic acids is 2. The van der Waals surface area contributed by atoms with E-state index in [1.807, 2.05) is 71.3 Å². The first-order valence-electron chi connectivity index (χ1n) is 10.3. The number of hydrogen-bond acceptors (Lipinski definition) is 3. The number of ether oxygens (including phenoxy) is 1. The van der Waals surface area contributed by atoms with E-state index in [2.05, 4.69) is 0 Å². The zero-order valence-electron chi connectivity index (χ0n) is 17.0. The molecule has 29 heavy (non-hydrogen) atoms. The van der Waals surface area contributed by atoms with E-state index in [-0.39, 0.29) is 11.8 Å². The van der Waals surface area contributed by atoms with Crippen LogP contribution in [0.2, 0.25) is 0 Å². The van der Waals surface area contributed by atoms with Gasteiger partial charge in [0.1, 0.15) is 0 Å². The predicted molar refractivity (Wildman–Crippen MR) is 111 cm³/mol. The smallest absolute Gasteiger partial charge is 0.227 e. The van der Waals surface area contributed by atoms with Gasteiger partial charge in [-0.05, 0) is 24.5 Å².